The SMILES string of the molecule is COc1ccccc1Oc1c(NS(=O)(=O)c2ccc(C)cn2)nc(-c2ccnc(-c3nn[nH]n3)c2)nc1OCCOC(=O)Cc1ccc(CO[N+](=O)[O-])cc1. The molecular formula is C34H30N10O10S. The van der Waals surface area contributed by atoms with E-state index < -0.39 is 21.1 Å². The molecule has 0 bridgehead atoms. The van der Waals surface area contributed by atoms with Crippen LogP contribution in [-0.2, 0) is 37.4 Å². The minimum absolute atomic E-state index is 0.0202. The van der Waals surface area contributed by atoms with Gasteiger partial charge in [0.25, 0.3) is 21.0 Å². The third-order valence-corrected chi connectivity index (χ3v) is 8.65. The largest absolute Gasteiger partial charge is 0.493 e. The molecule has 282 valence electrons. The Bertz CT molecular complexity index is 2380. The zero-order valence-electron chi connectivity index (χ0n) is 29.0. The summed E-state index contributed by atoms with van der Waals surface area (Å²) in [7, 11) is -2.93. The van der Waals surface area contributed by atoms with E-state index in [1.54, 1.807) is 73.7 Å². The van der Waals surface area contributed by atoms with Crippen LogP contribution in [0.15, 0.2) is 90.2 Å². The number of aryl methyl sites for hydroxylation is 1. The van der Waals surface area contributed by atoms with Gasteiger partial charge >= 0.3 is 5.97 Å². The topological polar surface area (TPSA) is 259 Å². The van der Waals surface area contributed by atoms with Crippen LogP contribution in [0.3, 0.4) is 0 Å². The molecule has 2 N–H and O–H groups in total. The van der Waals surface area contributed by atoms with Crippen LogP contribution in [0.25, 0.3) is 22.9 Å². The van der Waals surface area contributed by atoms with Crippen molar-refractivity contribution < 1.29 is 42.1 Å². The molecule has 0 aliphatic carbocycles. The summed E-state index contributed by atoms with van der Waals surface area (Å²) in [5.41, 5.74) is 2.56. The molecule has 4 heterocycles. The number of nitrogens with one attached hydrogen (secondary N) is 2. The van der Waals surface area contributed by atoms with Gasteiger partial charge in [0.05, 0.1) is 13.5 Å². The molecule has 55 heavy (non-hydrogen) atoms. The van der Waals surface area contributed by atoms with E-state index in [1.807, 2.05) is 0 Å². The van der Waals surface area contributed by atoms with E-state index in [0.717, 1.165) is 5.56 Å². The molecule has 0 unspecified atom stereocenters. The lowest BCUT2D eigenvalue weighted by molar-refractivity contribution is -0.763. The molecule has 4 aromatic heterocycles. The Morgan fingerprint density at radius 1 is 0.945 bits per heavy atom. The first kappa shape index (κ1) is 37.5. The Morgan fingerprint density at radius 2 is 1.73 bits per heavy atom. The number of tetrazole rings is 1. The number of hydrogen-bond donors (Lipinski definition) is 2. The fourth-order valence-corrected chi connectivity index (χ4v) is 5.71. The number of pyridine rings is 2. The predicted octanol–water partition coefficient (Wildman–Crippen LogP) is 3.90. The second-order valence-electron chi connectivity index (χ2n) is 11.3. The summed E-state index contributed by atoms with van der Waals surface area (Å²) in [4.78, 5) is 44.9. The Labute approximate surface area is 312 Å². The maximum atomic E-state index is 13.7. The van der Waals surface area contributed by atoms with Gasteiger partial charge in [-0.25, -0.2) is 9.97 Å². The average Bonchev–Trinajstić information content (AvgIpc) is 3.73. The molecular weight excluding hydrogens is 741 g/mol. The quantitative estimate of drug-likeness (QED) is 0.0577. The number of carbonyl (C=O) groups is 1. The fourth-order valence-electron chi connectivity index (χ4n) is 4.78. The third-order valence-electron chi connectivity index (χ3n) is 7.39. The number of nitrogens with zero attached hydrogens (tertiary/aromatic N) is 8. The number of aromatic nitrogens is 8. The molecule has 0 spiro atoms. The van der Waals surface area contributed by atoms with Gasteiger partial charge in [-0.15, -0.1) is 20.3 Å². The highest BCUT2D eigenvalue weighted by Gasteiger charge is 2.26. The predicted molar refractivity (Wildman–Crippen MR) is 190 cm³/mol. The van der Waals surface area contributed by atoms with Gasteiger partial charge in [-0.3, -0.25) is 14.5 Å². The number of anilines is 1. The molecule has 0 saturated heterocycles. The van der Waals surface area contributed by atoms with Crippen LogP contribution in [0.5, 0.6) is 23.1 Å². The molecule has 6 rings (SSSR count). The molecule has 6 aromatic rings. The number of para-hydroxylation sites is 2. The van der Waals surface area contributed by atoms with Gasteiger partial charge in [0.15, 0.2) is 28.2 Å². The average molecular weight is 771 g/mol. The van der Waals surface area contributed by atoms with Crippen molar-refractivity contribution in [3.8, 4) is 46.0 Å². The van der Waals surface area contributed by atoms with Crippen LogP contribution in [0, 0.1) is 17.0 Å². The van der Waals surface area contributed by atoms with Crippen molar-refractivity contribution >= 4 is 21.8 Å². The monoisotopic (exact) mass is 770 g/mol. The van der Waals surface area contributed by atoms with Crippen molar-refractivity contribution in [3.05, 3.63) is 112 Å². The fraction of sp³-hybridized carbons (Fsp3) is 0.176. The van der Waals surface area contributed by atoms with E-state index in [2.05, 4.69) is 50.1 Å². The number of rotatable bonds is 17. The van der Waals surface area contributed by atoms with Crippen molar-refractivity contribution in [1.29, 1.82) is 0 Å². The van der Waals surface area contributed by atoms with Gasteiger partial charge in [0.1, 0.15) is 25.5 Å². The number of carbonyl (C=O) groups excluding carboxylic acids is 1. The van der Waals surface area contributed by atoms with Gasteiger partial charge in [-0.1, -0.05) is 42.5 Å². The standard InChI is InChI=1S/C34H30N10O10S/c1-21-7-12-28(36-19-21)55(48,49)41-33-30(54-27-6-4-3-5-26(27)50-2)34(38-31(37-33)24-13-14-35-25(18-24)32-39-42-43-40-32)52-16-15-51-29(45)17-22-8-10-23(11-9-22)20-53-44(46)47/h3-14,18-19H,15-17,20H2,1-2H3,(H,37,38,41)(H,39,40,42,43). The summed E-state index contributed by atoms with van der Waals surface area (Å²) < 4.78 is 52.9. The summed E-state index contributed by atoms with van der Waals surface area (Å²) in [6.45, 7) is 1.04. The number of aromatic amines is 1. The van der Waals surface area contributed by atoms with E-state index >= 15 is 0 Å². The van der Waals surface area contributed by atoms with Crippen LogP contribution in [-0.4, -0.2) is 80.4 Å². The highest BCUT2D eigenvalue weighted by molar-refractivity contribution is 7.92. The second kappa shape index (κ2) is 17.0. The van der Waals surface area contributed by atoms with Gasteiger partial charge in [0.2, 0.25) is 11.6 Å². The minimum atomic E-state index is -4.37. The summed E-state index contributed by atoms with van der Waals surface area (Å²) in [6.07, 6.45) is 2.76. The minimum Gasteiger partial charge on any atom is -0.493 e. The molecule has 0 aliphatic rings. The molecule has 0 fully saturated rings. The van der Waals surface area contributed by atoms with Gasteiger partial charge in [-0.2, -0.15) is 18.6 Å². The van der Waals surface area contributed by atoms with E-state index in [4.69, 9.17) is 18.9 Å². The summed E-state index contributed by atoms with van der Waals surface area (Å²) in [6, 6.07) is 19.1. The Morgan fingerprint density at radius 3 is 2.44 bits per heavy atom. The summed E-state index contributed by atoms with van der Waals surface area (Å²) in [5.74, 6) is -0.748. The first-order valence-corrected chi connectivity index (χ1v) is 17.6. The van der Waals surface area contributed by atoms with Crippen LogP contribution in [0.1, 0.15) is 16.7 Å². The molecule has 20 nitrogen and oxygen atoms in total. The molecule has 21 heteroatoms. The van der Waals surface area contributed by atoms with Crippen molar-refractivity contribution in [2.75, 3.05) is 25.0 Å². The number of hydrogen-bond acceptors (Lipinski definition) is 17. The zero-order chi connectivity index (χ0) is 38.8. The van der Waals surface area contributed by atoms with Crippen molar-refractivity contribution in [3.63, 3.8) is 0 Å². The Hall–Kier alpha value is -7.29. The van der Waals surface area contributed by atoms with Crippen LogP contribution in [0.2, 0.25) is 0 Å². The lowest BCUT2D eigenvalue weighted by atomic mass is 10.1. The summed E-state index contributed by atoms with van der Waals surface area (Å²) >= 11 is 0. The maximum absolute atomic E-state index is 13.7. The molecule has 0 atom stereocenters. The molecule has 2 aromatic carbocycles. The van der Waals surface area contributed by atoms with E-state index in [-0.39, 0.29) is 66.1 Å². The van der Waals surface area contributed by atoms with E-state index in [9.17, 15) is 23.3 Å². The molecule has 0 aliphatic heterocycles. The molecule has 0 radical (unpaired) electrons. The Balaban J connectivity index is 1.31. The van der Waals surface area contributed by atoms with Crippen molar-refractivity contribution in [2.24, 2.45) is 0 Å². The van der Waals surface area contributed by atoms with Crippen LogP contribution in [0.4, 0.5) is 5.82 Å². The van der Waals surface area contributed by atoms with Crippen LogP contribution < -0.4 is 18.9 Å². The maximum Gasteiger partial charge on any atom is 0.310 e. The first-order chi connectivity index (χ1) is 26.6. The van der Waals surface area contributed by atoms with Gasteiger partial charge in [-0.05, 0) is 59.2 Å². The number of benzene rings is 2. The smallest absolute Gasteiger partial charge is 0.310 e. The highest BCUT2D eigenvalue weighted by atomic mass is 32.2. The Kier molecular flexibility index (Phi) is 11.6. The number of methoxy groups -OCH3 is 1. The van der Waals surface area contributed by atoms with Gasteiger partial charge in [0, 0.05) is 18.0 Å². The highest BCUT2D eigenvalue weighted by Crippen LogP contribution is 2.41. The zero-order valence-corrected chi connectivity index (χ0v) is 29.8. The number of esters is 1. The lowest BCUT2D eigenvalue weighted by Gasteiger charge is -2.18. The third kappa shape index (κ3) is 9.78. The number of ether oxygens (including phenoxy) is 4. The number of sulfonamides is 1. The lowest BCUT2D eigenvalue weighted by Crippen LogP contribution is -2.18. The second-order valence-corrected chi connectivity index (χ2v) is 12.9. The summed E-state index contributed by atoms with van der Waals surface area (Å²) in [5, 5.41) is 23.1. The normalized spacial score (nSPS) is 11.0. The van der Waals surface area contributed by atoms with Crippen molar-refractivity contribution in [1.82, 2.24) is 40.6 Å². The first-order valence-electron chi connectivity index (χ1n) is 16.1. The van der Waals surface area contributed by atoms with Crippen molar-refractivity contribution in [2.45, 2.75) is 25.0 Å². The van der Waals surface area contributed by atoms with E-state index in [1.165, 1.54) is 25.6 Å². The van der Waals surface area contributed by atoms with E-state index in [0.29, 0.717) is 28.1 Å². The number of H-pyrrole nitrogens is 1. The molecule has 0 saturated carbocycles. The van der Waals surface area contributed by atoms with Crippen LogP contribution >= 0.6 is 0 Å². The molecule has 0 amide bonds. The van der Waals surface area contributed by atoms with Gasteiger partial charge < -0.3 is 23.8 Å².